The van der Waals surface area contributed by atoms with E-state index in [9.17, 15) is 9.59 Å². The molecule has 2 aliphatic rings. The second-order valence-corrected chi connectivity index (χ2v) is 5.19. The van der Waals surface area contributed by atoms with Crippen LogP contribution in [0.5, 0.6) is 0 Å². The maximum absolute atomic E-state index is 12.0. The van der Waals surface area contributed by atoms with E-state index in [1.165, 1.54) is 0 Å². The number of hydrogen-bond acceptors (Lipinski definition) is 3. The van der Waals surface area contributed by atoms with Gasteiger partial charge in [0.2, 0.25) is 11.8 Å². The molecule has 1 heterocycles. The fourth-order valence-corrected chi connectivity index (χ4v) is 2.22. The first-order valence-corrected chi connectivity index (χ1v) is 6.35. The lowest BCUT2D eigenvalue weighted by atomic mass is 10.1. The lowest BCUT2D eigenvalue weighted by Gasteiger charge is -2.21. The van der Waals surface area contributed by atoms with Crippen LogP contribution in [0, 0.1) is 5.92 Å². The summed E-state index contributed by atoms with van der Waals surface area (Å²) in [5.41, 5.74) is 5.94. The highest BCUT2D eigenvalue weighted by Gasteiger charge is 2.32. The Hall–Kier alpha value is -1.10. The molecule has 96 valence electrons. The van der Waals surface area contributed by atoms with E-state index in [4.69, 9.17) is 5.73 Å². The Bertz CT molecular complexity index is 315. The molecular weight excluding hydrogens is 218 g/mol. The lowest BCUT2D eigenvalue weighted by Crippen LogP contribution is -2.40. The van der Waals surface area contributed by atoms with Crippen molar-refractivity contribution in [3.05, 3.63) is 0 Å². The van der Waals surface area contributed by atoms with Crippen molar-refractivity contribution in [2.75, 3.05) is 26.7 Å². The monoisotopic (exact) mass is 239 g/mol. The molecule has 1 aliphatic heterocycles. The number of carbonyl (C=O) groups excluding carboxylic acids is 2. The lowest BCUT2D eigenvalue weighted by molar-refractivity contribution is -0.138. The van der Waals surface area contributed by atoms with Crippen LogP contribution in [0.1, 0.15) is 25.7 Å². The molecule has 1 saturated carbocycles. The van der Waals surface area contributed by atoms with Gasteiger partial charge in [-0.25, -0.2) is 0 Å². The van der Waals surface area contributed by atoms with Crippen LogP contribution < -0.4 is 5.73 Å². The molecule has 0 bridgehead atoms. The van der Waals surface area contributed by atoms with Crippen molar-refractivity contribution >= 4 is 11.8 Å². The van der Waals surface area contributed by atoms with Crippen molar-refractivity contribution in [3.63, 3.8) is 0 Å². The van der Waals surface area contributed by atoms with Crippen LogP contribution in [0.3, 0.4) is 0 Å². The second kappa shape index (κ2) is 5.04. The molecule has 0 aromatic heterocycles. The van der Waals surface area contributed by atoms with Gasteiger partial charge in [0.1, 0.15) is 0 Å². The first-order chi connectivity index (χ1) is 8.08. The molecule has 5 nitrogen and oxygen atoms in total. The summed E-state index contributed by atoms with van der Waals surface area (Å²) in [6.45, 7) is 1.62. The van der Waals surface area contributed by atoms with Gasteiger partial charge in [-0.05, 0) is 25.2 Å². The van der Waals surface area contributed by atoms with Crippen LogP contribution in [0.25, 0.3) is 0 Å². The maximum Gasteiger partial charge on any atom is 0.241 e. The number of rotatable bonds is 3. The molecule has 2 rings (SSSR count). The molecule has 0 radical (unpaired) electrons. The third-order valence-corrected chi connectivity index (χ3v) is 3.66. The maximum atomic E-state index is 12.0. The van der Waals surface area contributed by atoms with E-state index in [1.807, 2.05) is 0 Å². The summed E-state index contributed by atoms with van der Waals surface area (Å²) in [4.78, 5) is 27.0. The quantitative estimate of drug-likeness (QED) is 0.742. The Balaban J connectivity index is 1.87. The Morgan fingerprint density at radius 2 is 2.18 bits per heavy atom. The van der Waals surface area contributed by atoms with Crippen molar-refractivity contribution in [3.8, 4) is 0 Å². The van der Waals surface area contributed by atoms with Crippen molar-refractivity contribution in [1.29, 1.82) is 0 Å². The van der Waals surface area contributed by atoms with Crippen molar-refractivity contribution in [1.82, 2.24) is 9.80 Å². The number of carbonyl (C=O) groups is 2. The molecule has 5 heteroatoms. The van der Waals surface area contributed by atoms with E-state index in [1.54, 1.807) is 16.8 Å². The zero-order valence-corrected chi connectivity index (χ0v) is 10.4. The minimum atomic E-state index is -0.0152. The van der Waals surface area contributed by atoms with Gasteiger partial charge >= 0.3 is 0 Å². The molecule has 2 N–H and O–H groups in total. The number of nitrogens with two attached hydrogens (primary N) is 1. The third-order valence-electron chi connectivity index (χ3n) is 3.66. The molecule has 1 saturated heterocycles. The molecule has 1 atom stereocenters. The van der Waals surface area contributed by atoms with Gasteiger partial charge < -0.3 is 15.5 Å². The Morgan fingerprint density at radius 3 is 2.82 bits per heavy atom. The fraction of sp³-hybridized carbons (Fsp3) is 0.833. The summed E-state index contributed by atoms with van der Waals surface area (Å²) in [7, 11) is 1.78. The molecule has 0 spiro atoms. The molecular formula is C12H21N3O2. The van der Waals surface area contributed by atoms with Gasteiger partial charge in [0, 0.05) is 32.6 Å². The van der Waals surface area contributed by atoms with E-state index < -0.39 is 0 Å². The average Bonchev–Trinajstić information content (AvgIpc) is 3.09. The Kier molecular flexibility index (Phi) is 3.66. The molecule has 2 amide bonds. The van der Waals surface area contributed by atoms with Gasteiger partial charge in [0.15, 0.2) is 0 Å². The minimum absolute atomic E-state index is 0.0152. The van der Waals surface area contributed by atoms with Gasteiger partial charge in [-0.15, -0.1) is 0 Å². The summed E-state index contributed by atoms with van der Waals surface area (Å²) >= 11 is 0. The smallest absolute Gasteiger partial charge is 0.241 e. The number of nitrogens with zero attached hydrogens (tertiary/aromatic N) is 2. The fourth-order valence-electron chi connectivity index (χ4n) is 2.22. The Labute approximate surface area is 102 Å². The highest BCUT2D eigenvalue weighted by atomic mass is 16.2. The predicted octanol–water partition coefficient (Wildman–Crippen LogP) is -0.195. The highest BCUT2D eigenvalue weighted by Crippen LogP contribution is 2.33. The molecule has 1 aliphatic carbocycles. The zero-order valence-electron chi connectivity index (χ0n) is 10.4. The van der Waals surface area contributed by atoms with E-state index in [0.29, 0.717) is 18.9 Å². The normalized spacial score (nSPS) is 23.5. The van der Waals surface area contributed by atoms with Gasteiger partial charge in [0.05, 0.1) is 6.54 Å². The topological polar surface area (TPSA) is 66.6 Å². The summed E-state index contributed by atoms with van der Waals surface area (Å²) in [6, 6.07) is -0.0152. The SMILES string of the molecule is CN1CCCN(C(=O)CC(N)C2CC2)CC1=O. The molecule has 1 unspecified atom stereocenters. The van der Waals surface area contributed by atoms with Crippen LogP contribution >= 0.6 is 0 Å². The van der Waals surface area contributed by atoms with Crippen LogP contribution in [-0.2, 0) is 9.59 Å². The molecule has 0 aromatic carbocycles. The summed E-state index contributed by atoms with van der Waals surface area (Å²) in [6.07, 6.45) is 3.54. The van der Waals surface area contributed by atoms with Crippen LogP contribution in [0.4, 0.5) is 0 Å². The van der Waals surface area contributed by atoms with Crippen LogP contribution in [0.15, 0.2) is 0 Å². The Morgan fingerprint density at radius 1 is 1.47 bits per heavy atom. The van der Waals surface area contributed by atoms with E-state index in [-0.39, 0.29) is 24.4 Å². The van der Waals surface area contributed by atoms with Crippen molar-refractivity contribution in [2.24, 2.45) is 11.7 Å². The third kappa shape index (κ3) is 3.19. The molecule has 0 aromatic rings. The van der Waals surface area contributed by atoms with Crippen LogP contribution in [0.2, 0.25) is 0 Å². The first-order valence-electron chi connectivity index (χ1n) is 6.35. The van der Waals surface area contributed by atoms with Gasteiger partial charge in [-0.2, -0.15) is 0 Å². The zero-order chi connectivity index (χ0) is 12.4. The standard InChI is InChI=1S/C12H21N3O2/c1-14-5-2-6-15(8-12(14)17)11(16)7-10(13)9-3-4-9/h9-10H,2-8,13H2,1H3. The van der Waals surface area contributed by atoms with E-state index in [2.05, 4.69) is 0 Å². The van der Waals surface area contributed by atoms with Gasteiger partial charge in [-0.3, -0.25) is 9.59 Å². The molecule has 2 fully saturated rings. The first kappa shape index (κ1) is 12.4. The number of amides is 2. The van der Waals surface area contributed by atoms with Crippen molar-refractivity contribution < 1.29 is 9.59 Å². The minimum Gasteiger partial charge on any atom is -0.344 e. The van der Waals surface area contributed by atoms with Crippen LogP contribution in [-0.4, -0.2) is 54.3 Å². The second-order valence-electron chi connectivity index (χ2n) is 5.19. The summed E-state index contributed by atoms with van der Waals surface area (Å²) in [5, 5.41) is 0. The summed E-state index contributed by atoms with van der Waals surface area (Å²) < 4.78 is 0. The highest BCUT2D eigenvalue weighted by molar-refractivity contribution is 5.85. The number of likely N-dealkylation sites (N-methyl/N-ethyl adjacent to an activating group) is 1. The van der Waals surface area contributed by atoms with E-state index >= 15 is 0 Å². The predicted molar refractivity (Wildman–Crippen MR) is 64.2 cm³/mol. The van der Waals surface area contributed by atoms with E-state index in [0.717, 1.165) is 25.8 Å². The molecule has 17 heavy (non-hydrogen) atoms. The number of hydrogen-bond donors (Lipinski definition) is 1. The van der Waals surface area contributed by atoms with Gasteiger partial charge in [-0.1, -0.05) is 0 Å². The largest absolute Gasteiger partial charge is 0.344 e. The van der Waals surface area contributed by atoms with Gasteiger partial charge in [0.25, 0.3) is 0 Å². The summed E-state index contributed by atoms with van der Waals surface area (Å²) in [5.74, 6) is 0.591. The van der Waals surface area contributed by atoms with Crippen molar-refractivity contribution in [2.45, 2.75) is 31.7 Å². The average molecular weight is 239 g/mol.